The highest BCUT2D eigenvalue weighted by atomic mass is 16.5. The first-order valence-corrected chi connectivity index (χ1v) is 7.94. The average molecular weight is 275 g/mol. The second-order valence-corrected chi connectivity index (χ2v) is 6.83. The van der Waals surface area contributed by atoms with Crippen LogP contribution in [0.4, 0.5) is 0 Å². The van der Waals surface area contributed by atoms with Gasteiger partial charge >= 0.3 is 0 Å². The molecule has 1 atom stereocenters. The Morgan fingerprint density at radius 1 is 1.35 bits per heavy atom. The van der Waals surface area contributed by atoms with Crippen LogP contribution >= 0.6 is 0 Å². The molecular weight excluding hydrogens is 246 g/mol. The number of benzene rings is 1. The molecule has 0 spiro atoms. The first-order valence-electron chi connectivity index (χ1n) is 7.94. The quantitative estimate of drug-likeness (QED) is 0.868. The molecule has 1 heterocycles. The summed E-state index contributed by atoms with van der Waals surface area (Å²) in [5.74, 6) is 1.77. The van der Waals surface area contributed by atoms with Crippen LogP contribution in [-0.2, 0) is 13.0 Å². The lowest BCUT2D eigenvalue weighted by molar-refractivity contribution is 0.0807. The Labute approximate surface area is 123 Å². The fourth-order valence-corrected chi connectivity index (χ4v) is 3.17. The van der Waals surface area contributed by atoms with Crippen molar-refractivity contribution >= 4 is 0 Å². The maximum absolute atomic E-state index is 6.35. The smallest absolute Gasteiger partial charge is 0.123 e. The van der Waals surface area contributed by atoms with E-state index in [-0.39, 0.29) is 5.60 Å². The van der Waals surface area contributed by atoms with Gasteiger partial charge < -0.3 is 10.1 Å². The van der Waals surface area contributed by atoms with Gasteiger partial charge in [0.25, 0.3) is 0 Å². The third kappa shape index (κ3) is 3.54. The van der Waals surface area contributed by atoms with E-state index in [1.807, 2.05) is 0 Å². The standard InChI is InChI=1S/C18H29NO/c1-6-13(2)11-18(4,5)20-17-8-7-15-12-19-10-9-16(15)14(17)3/h7-8,13,19H,6,9-12H2,1-5H3. The van der Waals surface area contributed by atoms with Crippen molar-refractivity contribution in [1.82, 2.24) is 5.32 Å². The first-order chi connectivity index (χ1) is 9.43. The van der Waals surface area contributed by atoms with Gasteiger partial charge in [0, 0.05) is 6.54 Å². The predicted molar refractivity (Wildman–Crippen MR) is 85.4 cm³/mol. The molecule has 0 saturated heterocycles. The Morgan fingerprint density at radius 3 is 2.80 bits per heavy atom. The molecule has 0 saturated carbocycles. The summed E-state index contributed by atoms with van der Waals surface area (Å²) in [6.45, 7) is 13.2. The van der Waals surface area contributed by atoms with Gasteiger partial charge in [0.1, 0.15) is 11.4 Å². The van der Waals surface area contributed by atoms with Gasteiger partial charge in [-0.25, -0.2) is 0 Å². The number of nitrogens with one attached hydrogen (secondary N) is 1. The summed E-state index contributed by atoms with van der Waals surface area (Å²) < 4.78 is 6.35. The maximum Gasteiger partial charge on any atom is 0.123 e. The van der Waals surface area contributed by atoms with Crippen LogP contribution in [0.15, 0.2) is 12.1 Å². The monoisotopic (exact) mass is 275 g/mol. The SMILES string of the molecule is CCC(C)CC(C)(C)Oc1ccc2c(c1C)CCNC2. The van der Waals surface area contributed by atoms with Gasteiger partial charge in [-0.15, -0.1) is 0 Å². The molecule has 0 radical (unpaired) electrons. The van der Waals surface area contributed by atoms with Crippen molar-refractivity contribution in [2.24, 2.45) is 5.92 Å². The Hall–Kier alpha value is -1.02. The zero-order chi connectivity index (χ0) is 14.8. The summed E-state index contributed by atoms with van der Waals surface area (Å²) in [7, 11) is 0. The van der Waals surface area contributed by atoms with Gasteiger partial charge in [0.05, 0.1) is 0 Å². The van der Waals surface area contributed by atoms with Crippen molar-refractivity contribution in [1.29, 1.82) is 0 Å². The van der Waals surface area contributed by atoms with Crippen molar-refractivity contribution in [3.8, 4) is 5.75 Å². The normalized spacial score (nSPS) is 16.6. The molecule has 2 nitrogen and oxygen atoms in total. The summed E-state index contributed by atoms with van der Waals surface area (Å²) in [5, 5.41) is 3.43. The lowest BCUT2D eigenvalue weighted by Crippen LogP contribution is -2.31. The highest BCUT2D eigenvalue weighted by molar-refractivity contribution is 5.45. The predicted octanol–water partition coefficient (Wildman–Crippen LogP) is 4.23. The minimum absolute atomic E-state index is 0.0959. The molecule has 2 heteroatoms. The largest absolute Gasteiger partial charge is 0.488 e. The summed E-state index contributed by atoms with van der Waals surface area (Å²) in [6.07, 6.45) is 3.42. The highest BCUT2D eigenvalue weighted by Crippen LogP contribution is 2.32. The van der Waals surface area contributed by atoms with Gasteiger partial charge in [-0.05, 0) is 68.8 Å². The summed E-state index contributed by atoms with van der Waals surface area (Å²) in [5.41, 5.74) is 4.16. The third-order valence-electron chi connectivity index (χ3n) is 4.44. The lowest BCUT2D eigenvalue weighted by Gasteiger charge is -2.31. The molecule has 1 aliphatic rings. The summed E-state index contributed by atoms with van der Waals surface area (Å²) in [4.78, 5) is 0. The maximum atomic E-state index is 6.35. The number of ether oxygens (including phenoxy) is 1. The summed E-state index contributed by atoms with van der Waals surface area (Å²) in [6, 6.07) is 4.38. The van der Waals surface area contributed by atoms with Crippen LogP contribution in [0.3, 0.4) is 0 Å². The van der Waals surface area contributed by atoms with Crippen LogP contribution in [0.1, 0.15) is 57.2 Å². The third-order valence-corrected chi connectivity index (χ3v) is 4.44. The highest BCUT2D eigenvalue weighted by Gasteiger charge is 2.24. The Kier molecular flexibility index (Phi) is 4.74. The van der Waals surface area contributed by atoms with Gasteiger partial charge in [-0.2, -0.15) is 0 Å². The Bertz CT molecular complexity index is 465. The van der Waals surface area contributed by atoms with Gasteiger partial charge in [0.15, 0.2) is 0 Å². The van der Waals surface area contributed by atoms with E-state index < -0.39 is 0 Å². The number of hydrogen-bond acceptors (Lipinski definition) is 2. The van der Waals surface area contributed by atoms with E-state index in [2.05, 4.69) is 52.1 Å². The fraction of sp³-hybridized carbons (Fsp3) is 0.667. The number of rotatable bonds is 5. The van der Waals surface area contributed by atoms with Crippen LogP contribution in [0.5, 0.6) is 5.75 Å². The molecule has 112 valence electrons. The molecular formula is C18H29NO. The number of fused-ring (bicyclic) bond motifs is 1. The van der Waals surface area contributed by atoms with Crippen LogP contribution in [0.25, 0.3) is 0 Å². The summed E-state index contributed by atoms with van der Waals surface area (Å²) >= 11 is 0. The van der Waals surface area contributed by atoms with Crippen molar-refractivity contribution in [2.75, 3.05) is 6.54 Å². The first kappa shape index (κ1) is 15.4. The molecule has 1 aliphatic heterocycles. The Morgan fingerprint density at radius 2 is 2.10 bits per heavy atom. The second kappa shape index (κ2) is 6.17. The molecule has 2 rings (SSSR count). The minimum atomic E-state index is -0.0959. The molecule has 0 fully saturated rings. The lowest BCUT2D eigenvalue weighted by atomic mass is 9.92. The van der Waals surface area contributed by atoms with Gasteiger partial charge in [0.2, 0.25) is 0 Å². The van der Waals surface area contributed by atoms with E-state index >= 15 is 0 Å². The topological polar surface area (TPSA) is 21.3 Å². The van der Waals surface area contributed by atoms with E-state index in [0.29, 0.717) is 5.92 Å². The van der Waals surface area contributed by atoms with E-state index in [9.17, 15) is 0 Å². The molecule has 1 unspecified atom stereocenters. The van der Waals surface area contributed by atoms with Crippen molar-refractivity contribution in [3.63, 3.8) is 0 Å². The van der Waals surface area contributed by atoms with E-state index in [1.165, 1.54) is 23.1 Å². The molecule has 1 aromatic carbocycles. The molecule has 0 aliphatic carbocycles. The molecule has 1 aromatic rings. The van der Waals surface area contributed by atoms with Crippen LogP contribution in [0.2, 0.25) is 0 Å². The van der Waals surface area contributed by atoms with Crippen molar-refractivity contribution in [2.45, 2.75) is 66.0 Å². The van der Waals surface area contributed by atoms with E-state index in [1.54, 1.807) is 0 Å². The Balaban J connectivity index is 2.17. The number of hydrogen-bond donors (Lipinski definition) is 1. The van der Waals surface area contributed by atoms with Crippen LogP contribution in [0, 0.1) is 12.8 Å². The fourth-order valence-electron chi connectivity index (χ4n) is 3.17. The van der Waals surface area contributed by atoms with E-state index in [0.717, 1.165) is 31.7 Å². The van der Waals surface area contributed by atoms with Crippen molar-refractivity contribution in [3.05, 3.63) is 28.8 Å². The molecule has 0 bridgehead atoms. The van der Waals surface area contributed by atoms with E-state index in [4.69, 9.17) is 4.74 Å². The molecule has 20 heavy (non-hydrogen) atoms. The molecule has 0 aromatic heterocycles. The molecule has 1 N–H and O–H groups in total. The van der Waals surface area contributed by atoms with Crippen LogP contribution < -0.4 is 10.1 Å². The molecule has 0 amide bonds. The second-order valence-electron chi connectivity index (χ2n) is 6.83. The average Bonchev–Trinajstić information content (AvgIpc) is 2.41. The van der Waals surface area contributed by atoms with Crippen LogP contribution in [-0.4, -0.2) is 12.1 Å². The minimum Gasteiger partial charge on any atom is -0.488 e. The van der Waals surface area contributed by atoms with Gasteiger partial charge in [-0.1, -0.05) is 26.3 Å². The van der Waals surface area contributed by atoms with Crippen molar-refractivity contribution < 1.29 is 4.74 Å². The van der Waals surface area contributed by atoms with Gasteiger partial charge in [-0.3, -0.25) is 0 Å². The zero-order valence-electron chi connectivity index (χ0n) is 13.7. The zero-order valence-corrected chi connectivity index (χ0v) is 13.7.